The van der Waals surface area contributed by atoms with E-state index in [4.69, 9.17) is 17.3 Å². The van der Waals surface area contributed by atoms with Crippen LogP contribution in [0.2, 0.25) is 5.02 Å². The Bertz CT molecular complexity index is 1440. The van der Waals surface area contributed by atoms with Crippen LogP contribution in [0.15, 0.2) is 78.9 Å². The van der Waals surface area contributed by atoms with Crippen LogP contribution in [-0.2, 0) is 32.5 Å². The number of carbonyl (C=O) groups is 2. The second-order valence-electron chi connectivity index (χ2n) is 10.5. The van der Waals surface area contributed by atoms with Crippen LogP contribution in [0.5, 0.6) is 0 Å². The van der Waals surface area contributed by atoms with Gasteiger partial charge in [-0.15, -0.1) is 0 Å². The number of amides is 2. The van der Waals surface area contributed by atoms with E-state index in [0.29, 0.717) is 48.9 Å². The van der Waals surface area contributed by atoms with Crippen LogP contribution in [0.25, 0.3) is 0 Å². The van der Waals surface area contributed by atoms with Crippen LogP contribution in [-0.4, -0.2) is 74.6 Å². The van der Waals surface area contributed by atoms with Crippen molar-refractivity contribution in [2.75, 3.05) is 42.5 Å². The molecular formula is C30H36ClN5O4S. The lowest BCUT2D eigenvalue weighted by Gasteiger charge is -2.42. The van der Waals surface area contributed by atoms with Gasteiger partial charge in [0.25, 0.3) is 0 Å². The Kier molecular flexibility index (Phi) is 10.4. The number of hydrogen-bond acceptors (Lipinski definition) is 6. The van der Waals surface area contributed by atoms with E-state index in [9.17, 15) is 18.0 Å². The molecule has 1 aliphatic heterocycles. The minimum absolute atomic E-state index is 0.00619. The SMILES string of the molecule is CS(=O)(=O)Nc1cccc(NC(=O)CN2CCN(C(=O)C[C@H](N)Cc3ccc(Cl)cc3)C(Cc3ccccc3)C2)c1. The van der Waals surface area contributed by atoms with Crippen LogP contribution >= 0.6 is 11.6 Å². The summed E-state index contributed by atoms with van der Waals surface area (Å²) in [4.78, 5) is 30.3. The van der Waals surface area contributed by atoms with Gasteiger partial charge in [-0.05, 0) is 54.3 Å². The van der Waals surface area contributed by atoms with Crippen molar-refractivity contribution in [2.45, 2.75) is 31.3 Å². The van der Waals surface area contributed by atoms with Crippen molar-refractivity contribution in [1.82, 2.24) is 9.80 Å². The second kappa shape index (κ2) is 14.0. The lowest BCUT2D eigenvalue weighted by molar-refractivity contribution is -0.136. The van der Waals surface area contributed by atoms with E-state index in [1.807, 2.05) is 64.4 Å². The molecule has 218 valence electrons. The highest BCUT2D eigenvalue weighted by Crippen LogP contribution is 2.19. The third-order valence-electron chi connectivity index (χ3n) is 6.87. The number of piperazine rings is 1. The Balaban J connectivity index is 1.38. The number of sulfonamides is 1. The van der Waals surface area contributed by atoms with Crippen molar-refractivity contribution in [3.8, 4) is 0 Å². The molecule has 2 atom stereocenters. The largest absolute Gasteiger partial charge is 0.337 e. The normalized spacial score (nSPS) is 16.7. The Morgan fingerprint density at radius 1 is 0.976 bits per heavy atom. The summed E-state index contributed by atoms with van der Waals surface area (Å²) >= 11 is 5.98. The molecule has 41 heavy (non-hydrogen) atoms. The fraction of sp³-hybridized carbons (Fsp3) is 0.333. The smallest absolute Gasteiger partial charge is 0.238 e. The number of benzene rings is 3. The van der Waals surface area contributed by atoms with Gasteiger partial charge in [-0.25, -0.2) is 8.42 Å². The number of anilines is 2. The molecule has 0 saturated carbocycles. The summed E-state index contributed by atoms with van der Waals surface area (Å²) in [5.41, 5.74) is 9.39. The van der Waals surface area contributed by atoms with Gasteiger partial charge < -0.3 is 16.0 Å². The Labute approximate surface area is 246 Å². The van der Waals surface area contributed by atoms with E-state index in [-0.39, 0.29) is 36.9 Å². The topological polar surface area (TPSA) is 125 Å². The van der Waals surface area contributed by atoms with Crippen LogP contribution in [0.1, 0.15) is 17.5 Å². The number of hydrogen-bond donors (Lipinski definition) is 3. The zero-order valence-corrected chi connectivity index (χ0v) is 24.6. The predicted octanol–water partition coefficient (Wildman–Crippen LogP) is 3.37. The maximum absolute atomic E-state index is 13.4. The molecule has 0 aliphatic carbocycles. The standard InChI is InChI=1S/C30H36ClN5O4S/c1-41(39,40)34-27-9-5-8-26(19-27)33-29(37)21-35-14-15-36(28(20-35)17-22-6-3-2-4-7-22)30(38)18-25(32)16-23-10-12-24(31)13-11-23/h2-13,19,25,28,34H,14-18,20-21,32H2,1H3,(H,33,37)/t25-,28?/m1/s1. The first-order valence-electron chi connectivity index (χ1n) is 13.5. The van der Waals surface area contributed by atoms with Crippen LogP contribution in [0, 0.1) is 0 Å². The average Bonchev–Trinajstić information content (AvgIpc) is 2.90. The molecule has 3 aromatic rings. The number of nitrogens with one attached hydrogen (secondary N) is 2. The summed E-state index contributed by atoms with van der Waals surface area (Å²) in [6.07, 6.45) is 2.54. The van der Waals surface area contributed by atoms with E-state index < -0.39 is 10.0 Å². The second-order valence-corrected chi connectivity index (χ2v) is 12.6. The minimum atomic E-state index is -3.43. The van der Waals surface area contributed by atoms with Crippen LogP contribution in [0.4, 0.5) is 11.4 Å². The highest BCUT2D eigenvalue weighted by atomic mass is 35.5. The molecular weight excluding hydrogens is 562 g/mol. The van der Waals surface area contributed by atoms with Gasteiger partial charge in [0.2, 0.25) is 21.8 Å². The van der Waals surface area contributed by atoms with E-state index in [1.165, 1.54) is 0 Å². The Morgan fingerprint density at radius 2 is 1.68 bits per heavy atom. The van der Waals surface area contributed by atoms with E-state index >= 15 is 0 Å². The molecule has 9 nitrogen and oxygen atoms in total. The number of carbonyl (C=O) groups excluding carboxylic acids is 2. The summed E-state index contributed by atoms with van der Waals surface area (Å²) < 4.78 is 25.5. The molecule has 4 N–H and O–H groups in total. The molecule has 1 aliphatic rings. The number of halogens is 1. The van der Waals surface area contributed by atoms with Crippen LogP contribution < -0.4 is 15.8 Å². The Hall–Kier alpha value is -3.44. The monoisotopic (exact) mass is 597 g/mol. The molecule has 2 amide bonds. The third kappa shape index (κ3) is 9.86. The summed E-state index contributed by atoms with van der Waals surface area (Å²) in [6, 6.07) is 23.6. The predicted molar refractivity (Wildman–Crippen MR) is 163 cm³/mol. The van der Waals surface area contributed by atoms with E-state index in [0.717, 1.165) is 17.4 Å². The molecule has 11 heteroatoms. The quantitative estimate of drug-likeness (QED) is 0.311. The van der Waals surface area contributed by atoms with Gasteiger partial charge in [0.15, 0.2) is 0 Å². The van der Waals surface area contributed by atoms with E-state index in [1.54, 1.807) is 24.3 Å². The van der Waals surface area contributed by atoms with E-state index in [2.05, 4.69) is 10.0 Å². The molecule has 0 radical (unpaired) electrons. The van der Waals surface area contributed by atoms with Gasteiger partial charge in [0.1, 0.15) is 0 Å². The van der Waals surface area contributed by atoms with Gasteiger partial charge in [-0.2, -0.15) is 0 Å². The van der Waals surface area contributed by atoms with Crippen molar-refractivity contribution < 1.29 is 18.0 Å². The first kappa shape index (κ1) is 30.5. The highest BCUT2D eigenvalue weighted by molar-refractivity contribution is 7.92. The molecule has 0 aromatic heterocycles. The van der Waals surface area contributed by atoms with Crippen molar-refractivity contribution in [1.29, 1.82) is 0 Å². The average molecular weight is 598 g/mol. The number of nitrogens with zero attached hydrogens (tertiary/aromatic N) is 2. The first-order chi connectivity index (χ1) is 19.5. The maximum atomic E-state index is 13.4. The zero-order valence-electron chi connectivity index (χ0n) is 23.0. The van der Waals surface area contributed by atoms with Crippen molar-refractivity contribution >= 4 is 44.8 Å². The lowest BCUT2D eigenvalue weighted by atomic mass is 9.99. The molecule has 4 rings (SSSR count). The van der Waals surface area contributed by atoms with Crippen molar-refractivity contribution in [2.24, 2.45) is 5.73 Å². The van der Waals surface area contributed by atoms with Gasteiger partial charge in [0.05, 0.1) is 18.5 Å². The molecule has 1 saturated heterocycles. The maximum Gasteiger partial charge on any atom is 0.238 e. The van der Waals surface area contributed by atoms with Crippen molar-refractivity contribution in [3.05, 3.63) is 95.0 Å². The summed E-state index contributed by atoms with van der Waals surface area (Å²) in [5, 5.41) is 3.50. The molecule has 1 fully saturated rings. The fourth-order valence-corrected chi connectivity index (χ4v) is 5.75. The van der Waals surface area contributed by atoms with Crippen LogP contribution in [0.3, 0.4) is 0 Å². The third-order valence-corrected chi connectivity index (χ3v) is 7.72. The summed E-state index contributed by atoms with van der Waals surface area (Å²) in [7, 11) is -3.43. The van der Waals surface area contributed by atoms with Gasteiger partial charge in [0, 0.05) is 48.8 Å². The zero-order chi connectivity index (χ0) is 29.4. The van der Waals surface area contributed by atoms with Gasteiger partial charge in [-0.1, -0.05) is 60.1 Å². The highest BCUT2D eigenvalue weighted by Gasteiger charge is 2.32. The molecule has 3 aromatic carbocycles. The van der Waals surface area contributed by atoms with Gasteiger partial charge >= 0.3 is 0 Å². The lowest BCUT2D eigenvalue weighted by Crippen LogP contribution is -2.57. The molecule has 0 bridgehead atoms. The van der Waals surface area contributed by atoms with Crippen molar-refractivity contribution in [3.63, 3.8) is 0 Å². The number of nitrogens with two attached hydrogens (primary N) is 1. The molecule has 0 spiro atoms. The minimum Gasteiger partial charge on any atom is -0.337 e. The van der Waals surface area contributed by atoms with Gasteiger partial charge in [-0.3, -0.25) is 19.2 Å². The number of rotatable bonds is 11. The summed E-state index contributed by atoms with van der Waals surface area (Å²) in [6.45, 7) is 1.72. The fourth-order valence-electron chi connectivity index (χ4n) is 5.07. The molecule has 1 unspecified atom stereocenters. The summed E-state index contributed by atoms with van der Waals surface area (Å²) in [5.74, 6) is -0.212. The molecule has 1 heterocycles. The Morgan fingerprint density at radius 3 is 2.39 bits per heavy atom. The first-order valence-corrected chi connectivity index (χ1v) is 15.7.